The van der Waals surface area contributed by atoms with E-state index in [-0.39, 0.29) is 12.3 Å². The first-order valence-corrected chi connectivity index (χ1v) is 9.90. The van der Waals surface area contributed by atoms with E-state index in [0.717, 1.165) is 16.3 Å². The number of amides is 1. The smallest absolute Gasteiger partial charge is 0.326 e. The van der Waals surface area contributed by atoms with E-state index in [1.807, 2.05) is 35.9 Å². The molecule has 0 fully saturated rings. The number of nitrogens with one attached hydrogen (secondary N) is 1. The Morgan fingerprint density at radius 3 is 2.68 bits per heavy atom. The van der Waals surface area contributed by atoms with Gasteiger partial charge in [0.25, 0.3) is 0 Å². The SMILES string of the molecule is COc1ccc(-c2nc(CC(=O)NC(CCSC)C(=O)O)cs2)cc1. The van der Waals surface area contributed by atoms with Crippen LogP contribution in [-0.4, -0.2) is 47.1 Å². The molecule has 134 valence electrons. The van der Waals surface area contributed by atoms with E-state index in [4.69, 9.17) is 9.84 Å². The largest absolute Gasteiger partial charge is 0.497 e. The molecule has 1 aromatic heterocycles. The third-order valence-corrected chi connectivity index (χ3v) is 5.06. The maximum atomic E-state index is 12.1. The van der Waals surface area contributed by atoms with E-state index in [9.17, 15) is 9.59 Å². The van der Waals surface area contributed by atoms with Gasteiger partial charge in [0, 0.05) is 10.9 Å². The number of rotatable bonds is 9. The monoisotopic (exact) mass is 380 g/mol. The summed E-state index contributed by atoms with van der Waals surface area (Å²) in [6, 6.07) is 6.66. The molecule has 0 saturated heterocycles. The summed E-state index contributed by atoms with van der Waals surface area (Å²) in [5.41, 5.74) is 1.57. The van der Waals surface area contributed by atoms with Crippen LogP contribution in [0.3, 0.4) is 0 Å². The number of thioether (sulfide) groups is 1. The van der Waals surface area contributed by atoms with Crippen molar-refractivity contribution in [3.63, 3.8) is 0 Å². The Balaban J connectivity index is 1.97. The molecule has 0 radical (unpaired) electrons. The zero-order valence-corrected chi connectivity index (χ0v) is 15.7. The van der Waals surface area contributed by atoms with Crippen molar-refractivity contribution in [1.29, 1.82) is 0 Å². The number of benzene rings is 1. The van der Waals surface area contributed by atoms with Gasteiger partial charge in [0.05, 0.1) is 19.2 Å². The Morgan fingerprint density at radius 1 is 1.36 bits per heavy atom. The fourth-order valence-corrected chi connectivity index (χ4v) is 3.45. The minimum absolute atomic E-state index is 0.0652. The van der Waals surface area contributed by atoms with Crippen molar-refractivity contribution < 1.29 is 19.4 Å². The molecule has 0 aliphatic carbocycles. The van der Waals surface area contributed by atoms with Gasteiger partial charge in [-0.15, -0.1) is 11.3 Å². The summed E-state index contributed by atoms with van der Waals surface area (Å²) in [7, 11) is 1.61. The average molecular weight is 380 g/mol. The molecule has 2 rings (SSSR count). The van der Waals surface area contributed by atoms with Gasteiger partial charge in [0.2, 0.25) is 5.91 Å². The van der Waals surface area contributed by atoms with Crippen LogP contribution in [0.2, 0.25) is 0 Å². The fraction of sp³-hybridized carbons (Fsp3) is 0.353. The number of aromatic nitrogens is 1. The lowest BCUT2D eigenvalue weighted by molar-refractivity contribution is -0.141. The lowest BCUT2D eigenvalue weighted by Gasteiger charge is -2.13. The summed E-state index contributed by atoms with van der Waals surface area (Å²) >= 11 is 2.99. The van der Waals surface area contributed by atoms with Gasteiger partial charge >= 0.3 is 5.97 Å². The van der Waals surface area contributed by atoms with Crippen LogP contribution < -0.4 is 10.1 Å². The Labute approximate surface area is 154 Å². The molecule has 2 N–H and O–H groups in total. The van der Waals surface area contributed by atoms with Crippen LogP contribution >= 0.6 is 23.1 Å². The Morgan fingerprint density at radius 2 is 2.08 bits per heavy atom. The topological polar surface area (TPSA) is 88.5 Å². The number of aliphatic carboxylic acids is 1. The molecule has 0 spiro atoms. The highest BCUT2D eigenvalue weighted by Gasteiger charge is 2.20. The van der Waals surface area contributed by atoms with Gasteiger partial charge in [-0.1, -0.05) is 0 Å². The van der Waals surface area contributed by atoms with Crippen LogP contribution in [-0.2, 0) is 16.0 Å². The summed E-state index contributed by atoms with van der Waals surface area (Å²) in [6.45, 7) is 0. The molecule has 1 amide bonds. The molecule has 1 unspecified atom stereocenters. The van der Waals surface area contributed by atoms with Crippen LogP contribution in [0.1, 0.15) is 12.1 Å². The maximum absolute atomic E-state index is 12.1. The van der Waals surface area contributed by atoms with Gasteiger partial charge in [0.15, 0.2) is 0 Å². The number of hydrogen-bond donors (Lipinski definition) is 2. The molecule has 8 heteroatoms. The number of carbonyl (C=O) groups is 2. The molecule has 0 aliphatic rings. The number of carboxylic acid groups (broad SMARTS) is 1. The molecular weight excluding hydrogens is 360 g/mol. The summed E-state index contributed by atoms with van der Waals surface area (Å²) in [6.07, 6.45) is 2.36. The second-order valence-electron chi connectivity index (χ2n) is 5.29. The Kier molecular flexibility index (Phi) is 7.27. The first-order valence-electron chi connectivity index (χ1n) is 7.63. The number of carbonyl (C=O) groups excluding carboxylic acids is 1. The predicted molar refractivity (Wildman–Crippen MR) is 100 cm³/mol. The average Bonchev–Trinajstić information content (AvgIpc) is 3.06. The van der Waals surface area contributed by atoms with E-state index < -0.39 is 12.0 Å². The van der Waals surface area contributed by atoms with Crippen molar-refractivity contribution in [3.8, 4) is 16.3 Å². The third-order valence-electron chi connectivity index (χ3n) is 3.47. The van der Waals surface area contributed by atoms with E-state index in [2.05, 4.69) is 10.3 Å². The van der Waals surface area contributed by atoms with E-state index in [1.165, 1.54) is 11.3 Å². The van der Waals surface area contributed by atoms with E-state index in [1.54, 1.807) is 18.9 Å². The van der Waals surface area contributed by atoms with Crippen molar-refractivity contribution in [2.24, 2.45) is 0 Å². The first-order chi connectivity index (χ1) is 12.0. The Bertz CT molecular complexity index is 716. The number of methoxy groups -OCH3 is 1. The lowest BCUT2D eigenvalue weighted by atomic mass is 10.2. The molecule has 1 aromatic carbocycles. The van der Waals surface area contributed by atoms with Gasteiger partial charge in [0.1, 0.15) is 16.8 Å². The second-order valence-corrected chi connectivity index (χ2v) is 7.13. The van der Waals surface area contributed by atoms with Gasteiger partial charge in [-0.2, -0.15) is 11.8 Å². The van der Waals surface area contributed by atoms with Gasteiger partial charge in [-0.3, -0.25) is 4.79 Å². The Hall–Kier alpha value is -2.06. The molecule has 1 atom stereocenters. The summed E-state index contributed by atoms with van der Waals surface area (Å²) in [4.78, 5) is 27.7. The van der Waals surface area contributed by atoms with Crippen molar-refractivity contribution in [1.82, 2.24) is 10.3 Å². The molecule has 0 aliphatic heterocycles. The highest BCUT2D eigenvalue weighted by molar-refractivity contribution is 7.98. The zero-order chi connectivity index (χ0) is 18.2. The minimum atomic E-state index is -1.01. The van der Waals surface area contributed by atoms with Gasteiger partial charge in [-0.25, -0.2) is 9.78 Å². The summed E-state index contributed by atoms with van der Waals surface area (Å²) < 4.78 is 5.13. The van der Waals surface area contributed by atoms with Crippen LogP contribution in [0.5, 0.6) is 5.75 Å². The van der Waals surface area contributed by atoms with Crippen molar-refractivity contribution in [2.45, 2.75) is 18.9 Å². The van der Waals surface area contributed by atoms with Crippen LogP contribution in [0.15, 0.2) is 29.6 Å². The van der Waals surface area contributed by atoms with Gasteiger partial charge in [-0.05, 0) is 42.7 Å². The quantitative estimate of drug-likeness (QED) is 0.695. The van der Waals surface area contributed by atoms with Crippen LogP contribution in [0, 0.1) is 0 Å². The van der Waals surface area contributed by atoms with Crippen molar-refractivity contribution in [2.75, 3.05) is 19.1 Å². The number of ether oxygens (including phenoxy) is 1. The van der Waals surface area contributed by atoms with E-state index >= 15 is 0 Å². The highest BCUT2D eigenvalue weighted by Crippen LogP contribution is 2.25. The summed E-state index contributed by atoms with van der Waals surface area (Å²) in [5, 5.41) is 14.3. The van der Waals surface area contributed by atoms with Crippen LogP contribution in [0.25, 0.3) is 10.6 Å². The number of carboxylic acids is 1. The standard InChI is InChI=1S/C17H20N2O4S2/c1-23-13-5-3-11(4-6-13)16-18-12(10-25-16)9-15(20)19-14(17(21)22)7-8-24-2/h3-6,10,14H,7-9H2,1-2H3,(H,19,20)(H,21,22). The molecule has 0 saturated carbocycles. The predicted octanol–water partition coefficient (Wildman–Crippen LogP) is 2.68. The number of nitrogens with zero attached hydrogens (tertiary/aromatic N) is 1. The first kappa shape index (κ1) is 19.3. The fourth-order valence-electron chi connectivity index (χ4n) is 2.16. The summed E-state index contributed by atoms with van der Waals surface area (Å²) in [5.74, 6) is 0.0970. The molecular formula is C17H20N2O4S2. The normalized spacial score (nSPS) is 11.8. The lowest BCUT2D eigenvalue weighted by Crippen LogP contribution is -2.41. The molecule has 25 heavy (non-hydrogen) atoms. The molecule has 1 heterocycles. The third kappa shape index (κ3) is 5.75. The molecule has 2 aromatic rings. The van der Waals surface area contributed by atoms with Crippen molar-refractivity contribution >= 4 is 35.0 Å². The second kappa shape index (κ2) is 9.43. The van der Waals surface area contributed by atoms with Crippen molar-refractivity contribution in [3.05, 3.63) is 35.3 Å². The molecule has 0 bridgehead atoms. The number of thiazole rings is 1. The van der Waals surface area contributed by atoms with Gasteiger partial charge < -0.3 is 15.2 Å². The number of hydrogen-bond acceptors (Lipinski definition) is 6. The molecule has 6 nitrogen and oxygen atoms in total. The van der Waals surface area contributed by atoms with Crippen LogP contribution in [0.4, 0.5) is 0 Å². The van der Waals surface area contributed by atoms with E-state index in [0.29, 0.717) is 17.9 Å². The zero-order valence-electron chi connectivity index (χ0n) is 14.0. The highest BCUT2D eigenvalue weighted by atomic mass is 32.2. The minimum Gasteiger partial charge on any atom is -0.497 e. The maximum Gasteiger partial charge on any atom is 0.326 e.